The number of piperidine rings is 1. The van der Waals surface area contributed by atoms with Crippen LogP contribution in [0.1, 0.15) is 50.4 Å². The number of rotatable bonds is 5. The fourth-order valence-electron chi connectivity index (χ4n) is 4.21. The zero-order valence-electron chi connectivity index (χ0n) is 15.4. The first kappa shape index (κ1) is 17.2. The smallest absolute Gasteiger partial charge is 0.257 e. The molecule has 0 radical (unpaired) electrons. The highest BCUT2D eigenvalue weighted by atomic mass is 16.5. The minimum Gasteiger partial charge on any atom is -0.334 e. The average Bonchev–Trinajstić information content (AvgIpc) is 3.23. The van der Waals surface area contributed by atoms with Gasteiger partial charge in [0.05, 0.1) is 0 Å². The SMILES string of the molecule is CCc1noc(-c2ccc(C)c(NC(=O)CC3CC4CCC(C3)N4)c2)n1. The summed E-state index contributed by atoms with van der Waals surface area (Å²) in [5, 5.41) is 10.7. The van der Waals surface area contributed by atoms with E-state index in [-0.39, 0.29) is 5.91 Å². The largest absolute Gasteiger partial charge is 0.334 e. The van der Waals surface area contributed by atoms with Crippen LogP contribution < -0.4 is 10.6 Å². The summed E-state index contributed by atoms with van der Waals surface area (Å²) in [5.41, 5.74) is 2.68. The van der Waals surface area contributed by atoms with Crippen molar-refractivity contribution in [2.75, 3.05) is 5.32 Å². The van der Waals surface area contributed by atoms with Gasteiger partial charge in [0.15, 0.2) is 5.82 Å². The molecule has 1 amide bonds. The number of nitrogens with one attached hydrogen (secondary N) is 2. The molecule has 1 aromatic heterocycles. The first-order chi connectivity index (χ1) is 12.6. The second-order valence-corrected chi connectivity index (χ2v) is 7.63. The Morgan fingerprint density at radius 2 is 2.08 bits per heavy atom. The van der Waals surface area contributed by atoms with Gasteiger partial charge in [0.25, 0.3) is 5.89 Å². The quantitative estimate of drug-likeness (QED) is 0.859. The van der Waals surface area contributed by atoms with E-state index in [0.29, 0.717) is 36.1 Å². The second kappa shape index (κ2) is 7.19. The van der Waals surface area contributed by atoms with Crippen LogP contribution in [0.15, 0.2) is 22.7 Å². The highest BCUT2D eigenvalue weighted by Crippen LogP contribution is 2.33. The molecule has 2 N–H and O–H groups in total. The van der Waals surface area contributed by atoms with Crippen LogP contribution in [-0.2, 0) is 11.2 Å². The summed E-state index contributed by atoms with van der Waals surface area (Å²) in [5.74, 6) is 1.76. The van der Waals surface area contributed by atoms with E-state index in [2.05, 4.69) is 20.8 Å². The maximum absolute atomic E-state index is 12.6. The minimum atomic E-state index is 0.0938. The zero-order chi connectivity index (χ0) is 18.1. The van der Waals surface area contributed by atoms with Crippen molar-refractivity contribution in [1.29, 1.82) is 0 Å². The average molecular weight is 354 g/mol. The standard InChI is InChI=1S/C20H26N4O2/c1-3-18-23-20(26-24-18)14-5-4-12(2)17(11-14)22-19(25)10-13-8-15-6-7-16(9-13)21-15/h4-5,11,13,15-16,21H,3,6-10H2,1-2H3,(H,22,25). The Morgan fingerprint density at radius 3 is 2.77 bits per heavy atom. The number of fused-ring (bicyclic) bond motifs is 2. The highest BCUT2D eigenvalue weighted by Gasteiger charge is 2.34. The minimum absolute atomic E-state index is 0.0938. The van der Waals surface area contributed by atoms with Crippen LogP contribution in [0.3, 0.4) is 0 Å². The summed E-state index contributed by atoms with van der Waals surface area (Å²) in [6.07, 6.45) is 6.08. The van der Waals surface area contributed by atoms with E-state index in [1.54, 1.807) is 0 Å². The van der Waals surface area contributed by atoms with E-state index >= 15 is 0 Å². The number of hydrogen-bond donors (Lipinski definition) is 2. The lowest BCUT2D eigenvalue weighted by Gasteiger charge is -2.28. The molecule has 0 aliphatic carbocycles. The number of aryl methyl sites for hydroxylation is 2. The van der Waals surface area contributed by atoms with Gasteiger partial charge in [-0.25, -0.2) is 0 Å². The molecule has 2 atom stereocenters. The zero-order valence-corrected chi connectivity index (χ0v) is 15.4. The molecule has 0 saturated carbocycles. The van der Waals surface area contributed by atoms with Gasteiger partial charge >= 0.3 is 0 Å². The van der Waals surface area contributed by atoms with Crippen molar-refractivity contribution < 1.29 is 9.32 Å². The van der Waals surface area contributed by atoms with Crippen molar-refractivity contribution in [3.63, 3.8) is 0 Å². The lowest BCUT2D eigenvalue weighted by molar-refractivity contribution is -0.117. The molecule has 2 saturated heterocycles. The summed E-state index contributed by atoms with van der Waals surface area (Å²) in [7, 11) is 0. The topological polar surface area (TPSA) is 80.0 Å². The first-order valence-electron chi connectivity index (χ1n) is 9.60. The molecule has 6 heteroatoms. The molecule has 138 valence electrons. The molecular weight excluding hydrogens is 328 g/mol. The van der Waals surface area contributed by atoms with Crippen LogP contribution in [0, 0.1) is 12.8 Å². The normalized spacial score (nSPS) is 24.6. The lowest BCUT2D eigenvalue weighted by atomic mass is 9.89. The van der Waals surface area contributed by atoms with E-state index in [9.17, 15) is 4.79 Å². The number of amides is 1. The number of carbonyl (C=O) groups excluding carboxylic acids is 1. The van der Waals surface area contributed by atoms with Crippen molar-refractivity contribution in [2.24, 2.45) is 5.92 Å². The van der Waals surface area contributed by atoms with Crippen molar-refractivity contribution in [3.8, 4) is 11.5 Å². The van der Waals surface area contributed by atoms with E-state index in [1.165, 1.54) is 12.8 Å². The van der Waals surface area contributed by atoms with Crippen molar-refractivity contribution in [1.82, 2.24) is 15.5 Å². The number of anilines is 1. The first-order valence-corrected chi connectivity index (χ1v) is 9.60. The van der Waals surface area contributed by atoms with Gasteiger partial charge in [-0.2, -0.15) is 4.98 Å². The van der Waals surface area contributed by atoms with Gasteiger partial charge in [-0.3, -0.25) is 4.79 Å². The summed E-state index contributed by atoms with van der Waals surface area (Å²) in [6, 6.07) is 7.07. The molecular formula is C20H26N4O2. The molecule has 3 heterocycles. The molecule has 2 aliphatic rings. The molecule has 0 spiro atoms. The van der Waals surface area contributed by atoms with Gasteiger partial charge in [-0.15, -0.1) is 0 Å². The molecule has 2 fully saturated rings. The molecule has 2 unspecified atom stereocenters. The van der Waals surface area contributed by atoms with Crippen molar-refractivity contribution in [3.05, 3.63) is 29.6 Å². The van der Waals surface area contributed by atoms with Gasteiger partial charge in [-0.05, 0) is 56.2 Å². The van der Waals surface area contributed by atoms with Gasteiger partial charge in [0.2, 0.25) is 5.91 Å². The highest BCUT2D eigenvalue weighted by molar-refractivity contribution is 5.92. The van der Waals surface area contributed by atoms with E-state index in [1.807, 2.05) is 32.0 Å². The molecule has 2 aromatic rings. The Hall–Kier alpha value is -2.21. The van der Waals surface area contributed by atoms with Crippen LogP contribution >= 0.6 is 0 Å². The summed E-state index contributed by atoms with van der Waals surface area (Å²) < 4.78 is 5.31. The molecule has 2 bridgehead atoms. The fourth-order valence-corrected chi connectivity index (χ4v) is 4.21. The predicted octanol–water partition coefficient (Wildman–Crippen LogP) is 3.47. The number of carbonyl (C=O) groups is 1. The molecule has 2 aliphatic heterocycles. The van der Waals surface area contributed by atoms with Crippen molar-refractivity contribution in [2.45, 2.75) is 64.5 Å². The van der Waals surface area contributed by atoms with Crippen LogP contribution in [-0.4, -0.2) is 28.1 Å². The Bertz CT molecular complexity index is 789. The third kappa shape index (κ3) is 3.65. The van der Waals surface area contributed by atoms with Gasteiger partial charge in [0, 0.05) is 36.2 Å². The molecule has 26 heavy (non-hydrogen) atoms. The van der Waals surface area contributed by atoms with Gasteiger partial charge < -0.3 is 15.2 Å². The third-order valence-electron chi connectivity index (χ3n) is 5.59. The maximum atomic E-state index is 12.6. The van der Waals surface area contributed by atoms with Crippen LogP contribution in [0.4, 0.5) is 5.69 Å². The van der Waals surface area contributed by atoms with Gasteiger partial charge in [-0.1, -0.05) is 18.1 Å². The number of nitrogens with zero attached hydrogens (tertiary/aromatic N) is 2. The number of aromatic nitrogens is 2. The second-order valence-electron chi connectivity index (χ2n) is 7.63. The van der Waals surface area contributed by atoms with Crippen LogP contribution in [0.5, 0.6) is 0 Å². The molecule has 1 aromatic carbocycles. The third-order valence-corrected chi connectivity index (χ3v) is 5.59. The van der Waals surface area contributed by atoms with E-state index in [4.69, 9.17) is 4.52 Å². The van der Waals surface area contributed by atoms with Crippen molar-refractivity contribution >= 4 is 11.6 Å². The molecule has 4 rings (SSSR count). The summed E-state index contributed by atoms with van der Waals surface area (Å²) in [4.78, 5) is 17.0. The lowest BCUT2D eigenvalue weighted by Crippen LogP contribution is -2.39. The monoisotopic (exact) mass is 354 g/mol. The Kier molecular flexibility index (Phi) is 4.76. The Labute approximate surface area is 153 Å². The van der Waals surface area contributed by atoms with Crippen LogP contribution in [0.2, 0.25) is 0 Å². The maximum Gasteiger partial charge on any atom is 0.257 e. The number of benzene rings is 1. The van der Waals surface area contributed by atoms with E-state index in [0.717, 1.165) is 36.1 Å². The summed E-state index contributed by atoms with van der Waals surface area (Å²) >= 11 is 0. The Balaban J connectivity index is 1.43. The Morgan fingerprint density at radius 1 is 1.31 bits per heavy atom. The number of hydrogen-bond acceptors (Lipinski definition) is 5. The summed E-state index contributed by atoms with van der Waals surface area (Å²) in [6.45, 7) is 3.98. The van der Waals surface area contributed by atoms with Gasteiger partial charge in [0.1, 0.15) is 0 Å². The predicted molar refractivity (Wildman–Crippen MR) is 99.8 cm³/mol. The van der Waals surface area contributed by atoms with E-state index < -0.39 is 0 Å². The van der Waals surface area contributed by atoms with Crippen LogP contribution in [0.25, 0.3) is 11.5 Å². The molecule has 6 nitrogen and oxygen atoms in total. The fraction of sp³-hybridized carbons (Fsp3) is 0.550.